The number of thiazole rings is 1. The Morgan fingerprint density at radius 3 is 2.53 bits per heavy atom. The largest absolute Gasteiger partial charge is 0.399 e. The van der Waals surface area contributed by atoms with E-state index < -0.39 is 6.10 Å². The van der Waals surface area contributed by atoms with Gasteiger partial charge in [-0.05, 0) is 17.7 Å². The minimum absolute atomic E-state index is 0.430. The molecule has 0 bridgehead atoms. The van der Waals surface area contributed by atoms with Gasteiger partial charge in [0.1, 0.15) is 6.10 Å². The normalized spacial score (nSPS) is 12.7. The number of hydrogen-bond acceptors (Lipinski definition) is 4. The first-order valence-corrected chi connectivity index (χ1v) is 5.51. The lowest BCUT2D eigenvalue weighted by molar-refractivity contribution is 0.224. The van der Waals surface area contributed by atoms with E-state index in [1.807, 2.05) is 0 Å². The number of hydrogen-bond donors (Lipinski definition) is 2. The van der Waals surface area contributed by atoms with Gasteiger partial charge in [-0.2, -0.15) is 0 Å². The minimum Gasteiger partial charge on any atom is -0.399 e. The van der Waals surface area contributed by atoms with Crippen LogP contribution >= 0.6 is 22.9 Å². The first kappa shape index (κ1) is 10.4. The van der Waals surface area contributed by atoms with Crippen LogP contribution < -0.4 is 5.73 Å². The van der Waals surface area contributed by atoms with Crippen LogP contribution in [0.5, 0.6) is 0 Å². The van der Waals surface area contributed by atoms with Gasteiger partial charge in [0, 0.05) is 11.9 Å². The van der Waals surface area contributed by atoms with Gasteiger partial charge in [-0.15, -0.1) is 11.3 Å². The molecule has 0 aliphatic rings. The third-order valence-electron chi connectivity index (χ3n) is 2.02. The summed E-state index contributed by atoms with van der Waals surface area (Å²) in [5.74, 6) is 0. The number of aliphatic hydroxyl groups is 1. The Kier molecular flexibility index (Phi) is 2.90. The van der Waals surface area contributed by atoms with Crippen molar-refractivity contribution in [2.24, 2.45) is 0 Å². The average molecular weight is 241 g/mol. The molecule has 0 fully saturated rings. The van der Waals surface area contributed by atoms with Gasteiger partial charge >= 0.3 is 0 Å². The number of rotatable bonds is 2. The molecule has 0 saturated carbocycles. The van der Waals surface area contributed by atoms with Crippen LogP contribution in [0.15, 0.2) is 30.5 Å². The minimum atomic E-state index is -0.685. The molecule has 0 saturated heterocycles. The van der Waals surface area contributed by atoms with Gasteiger partial charge in [0.25, 0.3) is 0 Å². The van der Waals surface area contributed by atoms with E-state index in [1.165, 1.54) is 11.3 Å². The number of nitrogens with zero attached hydrogens (tertiary/aromatic N) is 1. The third kappa shape index (κ3) is 2.28. The van der Waals surface area contributed by atoms with Crippen molar-refractivity contribution >= 4 is 28.6 Å². The molecule has 2 rings (SSSR count). The number of aromatic nitrogens is 1. The molecule has 0 amide bonds. The van der Waals surface area contributed by atoms with E-state index >= 15 is 0 Å². The molecule has 1 aromatic carbocycles. The molecule has 1 unspecified atom stereocenters. The molecule has 3 nitrogen and oxygen atoms in total. The van der Waals surface area contributed by atoms with Crippen LogP contribution in [0, 0.1) is 0 Å². The lowest BCUT2D eigenvalue weighted by Crippen LogP contribution is -1.97. The summed E-state index contributed by atoms with van der Waals surface area (Å²) >= 11 is 6.96. The zero-order chi connectivity index (χ0) is 10.8. The van der Waals surface area contributed by atoms with Gasteiger partial charge in [0.05, 0.1) is 4.88 Å². The van der Waals surface area contributed by atoms with Crippen LogP contribution in [-0.4, -0.2) is 10.1 Å². The smallest absolute Gasteiger partial charge is 0.183 e. The number of nitrogen functional groups attached to an aromatic ring is 1. The topological polar surface area (TPSA) is 59.1 Å². The second kappa shape index (κ2) is 4.18. The molecule has 0 aliphatic heterocycles. The summed E-state index contributed by atoms with van der Waals surface area (Å²) in [6.07, 6.45) is 0.893. The van der Waals surface area contributed by atoms with Gasteiger partial charge in [0.2, 0.25) is 0 Å². The Labute approximate surface area is 96.2 Å². The Morgan fingerprint density at radius 2 is 2.00 bits per heavy atom. The van der Waals surface area contributed by atoms with Crippen molar-refractivity contribution in [1.82, 2.24) is 4.98 Å². The maximum absolute atomic E-state index is 9.97. The summed E-state index contributed by atoms with van der Waals surface area (Å²) in [6.45, 7) is 0. The van der Waals surface area contributed by atoms with Crippen molar-refractivity contribution in [1.29, 1.82) is 0 Å². The van der Waals surface area contributed by atoms with Crippen molar-refractivity contribution in [3.05, 3.63) is 45.4 Å². The Morgan fingerprint density at radius 1 is 1.33 bits per heavy atom. The van der Waals surface area contributed by atoms with Crippen LogP contribution in [0.25, 0.3) is 0 Å². The van der Waals surface area contributed by atoms with E-state index in [4.69, 9.17) is 17.3 Å². The van der Waals surface area contributed by atoms with E-state index in [0.29, 0.717) is 10.2 Å². The molecule has 0 spiro atoms. The second-order valence-electron chi connectivity index (χ2n) is 3.08. The van der Waals surface area contributed by atoms with Gasteiger partial charge in [-0.1, -0.05) is 23.7 Å². The number of halogens is 1. The van der Waals surface area contributed by atoms with E-state index in [-0.39, 0.29) is 0 Å². The maximum atomic E-state index is 9.97. The van der Waals surface area contributed by atoms with E-state index in [0.717, 1.165) is 10.4 Å². The Hall–Kier alpha value is -1.10. The highest BCUT2D eigenvalue weighted by Gasteiger charge is 2.13. The zero-order valence-electron chi connectivity index (χ0n) is 7.72. The molecule has 0 radical (unpaired) electrons. The van der Waals surface area contributed by atoms with Crippen molar-refractivity contribution in [2.75, 3.05) is 5.73 Å². The highest BCUT2D eigenvalue weighted by molar-refractivity contribution is 7.15. The highest BCUT2D eigenvalue weighted by atomic mass is 35.5. The lowest BCUT2D eigenvalue weighted by atomic mass is 10.1. The number of benzene rings is 1. The Bertz CT molecular complexity index is 455. The van der Waals surface area contributed by atoms with Crippen LogP contribution in [0.2, 0.25) is 4.47 Å². The SMILES string of the molecule is Nc1ccc(C(O)c2cnc(Cl)s2)cc1. The van der Waals surface area contributed by atoms with E-state index in [9.17, 15) is 5.11 Å². The molecule has 3 N–H and O–H groups in total. The van der Waals surface area contributed by atoms with Gasteiger partial charge < -0.3 is 10.8 Å². The van der Waals surface area contributed by atoms with Crippen LogP contribution in [0.1, 0.15) is 16.5 Å². The van der Waals surface area contributed by atoms with Crippen molar-refractivity contribution < 1.29 is 5.11 Å². The predicted octanol–water partition coefficient (Wildman–Crippen LogP) is 2.46. The number of anilines is 1. The number of nitrogens with two attached hydrogens (primary N) is 1. The fraction of sp³-hybridized carbons (Fsp3) is 0.100. The number of aliphatic hydroxyl groups excluding tert-OH is 1. The molecule has 15 heavy (non-hydrogen) atoms. The summed E-state index contributed by atoms with van der Waals surface area (Å²) in [4.78, 5) is 4.61. The zero-order valence-corrected chi connectivity index (χ0v) is 9.29. The fourth-order valence-corrected chi connectivity index (χ4v) is 2.20. The predicted molar refractivity (Wildman–Crippen MR) is 62.0 cm³/mol. The first-order chi connectivity index (χ1) is 7.16. The molecule has 1 heterocycles. The van der Waals surface area contributed by atoms with Crippen molar-refractivity contribution in [3.63, 3.8) is 0 Å². The lowest BCUT2D eigenvalue weighted by Gasteiger charge is -2.07. The molecule has 2 aromatic rings. The van der Waals surface area contributed by atoms with Gasteiger partial charge in [-0.25, -0.2) is 4.98 Å². The summed E-state index contributed by atoms with van der Waals surface area (Å²) in [7, 11) is 0. The van der Waals surface area contributed by atoms with Crippen LogP contribution in [0.4, 0.5) is 5.69 Å². The second-order valence-corrected chi connectivity index (χ2v) is 4.73. The molecule has 78 valence electrons. The molecular weight excluding hydrogens is 232 g/mol. The van der Waals surface area contributed by atoms with Crippen molar-refractivity contribution in [2.45, 2.75) is 6.10 Å². The average Bonchev–Trinajstić information content (AvgIpc) is 2.65. The monoisotopic (exact) mass is 240 g/mol. The van der Waals surface area contributed by atoms with Crippen LogP contribution in [-0.2, 0) is 0 Å². The molecule has 1 atom stereocenters. The summed E-state index contributed by atoms with van der Waals surface area (Å²) in [5, 5.41) is 9.97. The quantitative estimate of drug-likeness (QED) is 0.793. The molecule has 1 aromatic heterocycles. The van der Waals surface area contributed by atoms with E-state index in [1.54, 1.807) is 30.5 Å². The maximum Gasteiger partial charge on any atom is 0.183 e. The summed E-state index contributed by atoms with van der Waals surface area (Å²) in [6, 6.07) is 7.07. The molecule has 0 aliphatic carbocycles. The molecular formula is C10H9ClN2OS. The third-order valence-corrected chi connectivity index (χ3v) is 3.18. The summed E-state index contributed by atoms with van der Waals surface area (Å²) in [5.41, 5.74) is 7.01. The highest BCUT2D eigenvalue weighted by Crippen LogP contribution is 2.29. The summed E-state index contributed by atoms with van der Waals surface area (Å²) < 4.78 is 0.430. The fourth-order valence-electron chi connectivity index (χ4n) is 1.23. The first-order valence-electron chi connectivity index (χ1n) is 4.31. The van der Waals surface area contributed by atoms with Crippen LogP contribution in [0.3, 0.4) is 0 Å². The van der Waals surface area contributed by atoms with Gasteiger partial charge in [-0.3, -0.25) is 0 Å². The molecule has 5 heteroatoms. The van der Waals surface area contributed by atoms with E-state index in [2.05, 4.69) is 4.98 Å². The van der Waals surface area contributed by atoms with Crippen molar-refractivity contribution in [3.8, 4) is 0 Å². The standard InChI is InChI=1S/C10H9ClN2OS/c11-10-13-5-8(15-10)9(14)6-1-3-7(12)4-2-6/h1-5,9,14H,12H2. The van der Waals surface area contributed by atoms with Gasteiger partial charge in [0.15, 0.2) is 4.47 Å². The Balaban J connectivity index is 2.28.